The van der Waals surface area contributed by atoms with E-state index in [2.05, 4.69) is 179 Å². The van der Waals surface area contributed by atoms with E-state index in [0.717, 1.165) is 0 Å². The second-order valence-electron chi connectivity index (χ2n) is 18.8. The highest BCUT2D eigenvalue weighted by molar-refractivity contribution is 8.05. The second kappa shape index (κ2) is 11.5. The molecule has 0 spiro atoms. The summed E-state index contributed by atoms with van der Waals surface area (Å²) < 4.78 is 0. The zero-order valence-electron chi connectivity index (χ0n) is 33.7. The molecule has 57 heavy (non-hydrogen) atoms. The molecule has 0 atom stereocenters. The lowest BCUT2D eigenvalue weighted by molar-refractivity contribution is 0.332. The number of hydrogen-bond acceptors (Lipinski definition) is 4. The predicted octanol–water partition coefficient (Wildman–Crippen LogP) is 12.0. The summed E-state index contributed by atoms with van der Waals surface area (Å²) in [6, 6.07) is 47.5. The number of hydrogen-bond donors (Lipinski definition) is 0. The van der Waals surface area contributed by atoms with Crippen LogP contribution in [0, 0.1) is 6.92 Å². The summed E-state index contributed by atoms with van der Waals surface area (Å²) in [4.78, 5) is 10.9. The summed E-state index contributed by atoms with van der Waals surface area (Å²) >= 11 is 3.87. The Bertz CT molecular complexity index is 2950. The Morgan fingerprint density at radius 2 is 1.25 bits per heavy atom. The first-order chi connectivity index (χ1) is 27.4. The van der Waals surface area contributed by atoms with Crippen LogP contribution in [-0.2, 0) is 10.8 Å². The summed E-state index contributed by atoms with van der Waals surface area (Å²) in [7, 11) is -2.04. The Balaban J connectivity index is 1.23. The summed E-state index contributed by atoms with van der Waals surface area (Å²) in [6.07, 6.45) is 2.40. The fourth-order valence-electron chi connectivity index (χ4n) is 11.1. The lowest BCUT2D eigenvalue weighted by Crippen LogP contribution is -2.68. The topological polar surface area (TPSA) is 6.48 Å². The largest absolute Gasteiger partial charge is 0.377 e. The standard InChI is InChI=1S/C51H45BN2S2Si/c1-30-25-34-35(51(4,5)24-23-50(34,2)3)27-38(30)53-39-29-44-43(55-41-19-11-12-20-42(41)56-44)28-36(39)52-48-40(53)26-31-15-8-9-16-32(31)47(48)33-17-14-22-46-49(33)54(52)37-18-10-13-21-45(37)57(46,6)7/h8-22,25-29H,23-24H2,1-7H3. The van der Waals surface area contributed by atoms with E-state index in [4.69, 9.17) is 0 Å². The minimum atomic E-state index is -2.04. The average Bonchev–Trinajstić information content (AvgIpc) is 3.20. The van der Waals surface area contributed by atoms with Crippen molar-refractivity contribution in [1.82, 2.24) is 0 Å². The van der Waals surface area contributed by atoms with E-state index in [9.17, 15) is 0 Å². The third-order valence-electron chi connectivity index (χ3n) is 14.2. The number of para-hydroxylation sites is 2. The molecule has 0 unspecified atom stereocenters. The quantitative estimate of drug-likeness (QED) is 0.153. The third-order valence-corrected chi connectivity index (χ3v) is 20.3. The van der Waals surface area contributed by atoms with Gasteiger partial charge >= 0.3 is 6.85 Å². The molecule has 6 heteroatoms. The first kappa shape index (κ1) is 34.4. The van der Waals surface area contributed by atoms with Gasteiger partial charge in [-0.3, -0.25) is 0 Å². The number of rotatable bonds is 1. The maximum Gasteiger partial charge on any atom is 0.333 e. The SMILES string of the molecule is Cc1cc2c(cc1N1c3cc4c(cc3B3c5c1cc1ccccc1c5-c1cccc5c1N3c1ccccc1[Si]5(C)C)Sc1ccccc1S4)C(C)(C)CCC2(C)C. The van der Waals surface area contributed by atoms with Gasteiger partial charge < -0.3 is 9.71 Å². The van der Waals surface area contributed by atoms with Crippen molar-refractivity contribution in [3.63, 3.8) is 0 Å². The average molecular weight is 789 g/mol. The molecule has 2 nitrogen and oxygen atoms in total. The fraction of sp³-hybridized carbons (Fsp3) is 0.216. The molecule has 0 saturated carbocycles. The van der Waals surface area contributed by atoms with Gasteiger partial charge in [-0.1, -0.05) is 143 Å². The van der Waals surface area contributed by atoms with Crippen molar-refractivity contribution in [2.24, 2.45) is 0 Å². The second-order valence-corrected chi connectivity index (χ2v) is 25.3. The van der Waals surface area contributed by atoms with Gasteiger partial charge in [0.25, 0.3) is 0 Å². The van der Waals surface area contributed by atoms with E-state index in [0.29, 0.717) is 0 Å². The molecule has 0 fully saturated rings. The maximum absolute atomic E-state index is 2.78. The smallest absolute Gasteiger partial charge is 0.333 e. The van der Waals surface area contributed by atoms with Crippen LogP contribution in [-0.4, -0.2) is 14.9 Å². The molecular weight excluding hydrogens is 744 g/mol. The van der Waals surface area contributed by atoms with E-state index >= 15 is 0 Å². The molecule has 0 N–H and O–H groups in total. The first-order valence-corrected chi connectivity index (χ1v) is 25.2. The monoisotopic (exact) mass is 788 g/mol. The van der Waals surface area contributed by atoms with Gasteiger partial charge in [-0.05, 0) is 127 Å². The molecule has 7 aromatic carbocycles. The molecule has 0 radical (unpaired) electrons. The Kier molecular flexibility index (Phi) is 6.96. The summed E-state index contributed by atoms with van der Waals surface area (Å²) in [6.45, 7) is 17.3. The van der Waals surface area contributed by atoms with Gasteiger partial charge in [0, 0.05) is 53.6 Å². The number of anilines is 5. The maximum atomic E-state index is 2.78. The van der Waals surface area contributed by atoms with Crippen molar-refractivity contribution in [2.45, 2.75) is 91.0 Å². The predicted molar refractivity (Wildman–Crippen MR) is 249 cm³/mol. The molecule has 1 aliphatic carbocycles. The van der Waals surface area contributed by atoms with Crippen molar-refractivity contribution in [1.29, 1.82) is 0 Å². The van der Waals surface area contributed by atoms with Crippen LogP contribution in [0.4, 0.5) is 28.4 Å². The van der Waals surface area contributed by atoms with Gasteiger partial charge in [0.1, 0.15) is 8.07 Å². The number of aryl methyl sites for hydroxylation is 1. The van der Waals surface area contributed by atoms with Crippen LogP contribution in [0.3, 0.4) is 0 Å². The highest BCUT2D eigenvalue weighted by atomic mass is 32.2. The van der Waals surface area contributed by atoms with Crippen molar-refractivity contribution in [3.05, 3.63) is 138 Å². The van der Waals surface area contributed by atoms with Gasteiger partial charge in [-0.2, -0.15) is 0 Å². The summed E-state index contributed by atoms with van der Waals surface area (Å²) in [5, 5.41) is 5.70. The normalized spacial score (nSPS) is 18.1. The molecule has 4 aliphatic heterocycles. The minimum Gasteiger partial charge on any atom is -0.377 e. The molecule has 278 valence electrons. The van der Waals surface area contributed by atoms with Crippen LogP contribution in [0.25, 0.3) is 21.9 Å². The highest BCUT2D eigenvalue weighted by Gasteiger charge is 2.51. The molecule has 4 heterocycles. The Morgan fingerprint density at radius 1 is 0.596 bits per heavy atom. The van der Waals surface area contributed by atoms with Crippen molar-refractivity contribution in [2.75, 3.05) is 9.71 Å². The van der Waals surface area contributed by atoms with Gasteiger partial charge in [0.15, 0.2) is 0 Å². The zero-order valence-corrected chi connectivity index (χ0v) is 36.4. The molecular formula is C51H45BN2S2Si. The van der Waals surface area contributed by atoms with Crippen molar-refractivity contribution in [3.8, 4) is 11.1 Å². The molecule has 12 rings (SSSR count). The number of nitrogens with zero attached hydrogens (tertiary/aromatic N) is 2. The van der Waals surface area contributed by atoms with Crippen molar-refractivity contribution < 1.29 is 0 Å². The van der Waals surface area contributed by atoms with E-state index in [1.165, 1.54) is 121 Å². The van der Waals surface area contributed by atoms with Gasteiger partial charge in [-0.15, -0.1) is 0 Å². The molecule has 0 aromatic heterocycles. The van der Waals surface area contributed by atoms with Crippen LogP contribution in [0.1, 0.15) is 57.2 Å². The summed E-state index contributed by atoms with van der Waals surface area (Å²) in [5.74, 6) is 0. The van der Waals surface area contributed by atoms with E-state index in [1.807, 2.05) is 23.5 Å². The van der Waals surface area contributed by atoms with Gasteiger partial charge in [0.05, 0.1) is 0 Å². The Labute approximate surface area is 346 Å². The molecule has 5 aliphatic rings. The van der Waals surface area contributed by atoms with Crippen LogP contribution in [0.15, 0.2) is 141 Å². The van der Waals surface area contributed by atoms with Gasteiger partial charge in [-0.25, -0.2) is 0 Å². The zero-order chi connectivity index (χ0) is 38.7. The van der Waals surface area contributed by atoms with Crippen LogP contribution in [0.5, 0.6) is 0 Å². The van der Waals surface area contributed by atoms with E-state index in [1.54, 1.807) is 0 Å². The Hall–Kier alpha value is -4.62. The summed E-state index contributed by atoms with van der Waals surface area (Å²) in [5.41, 5.74) is 16.9. The lowest BCUT2D eigenvalue weighted by atomic mass is 9.43. The van der Waals surface area contributed by atoms with Gasteiger partial charge in [0.2, 0.25) is 0 Å². The van der Waals surface area contributed by atoms with E-state index in [-0.39, 0.29) is 17.7 Å². The van der Waals surface area contributed by atoms with Crippen molar-refractivity contribution >= 4 is 99.0 Å². The lowest BCUT2D eigenvalue weighted by Gasteiger charge is -2.51. The molecule has 0 saturated heterocycles. The Morgan fingerprint density at radius 3 is 2.02 bits per heavy atom. The van der Waals surface area contributed by atoms with E-state index < -0.39 is 8.07 Å². The van der Waals surface area contributed by atoms with Crippen LogP contribution >= 0.6 is 23.5 Å². The molecule has 7 aromatic rings. The third kappa shape index (κ3) is 4.58. The van der Waals surface area contributed by atoms with Crippen LogP contribution in [0.2, 0.25) is 13.1 Å². The van der Waals surface area contributed by atoms with Crippen LogP contribution < -0.4 is 31.0 Å². The first-order valence-electron chi connectivity index (χ1n) is 20.6. The highest BCUT2D eigenvalue weighted by Crippen LogP contribution is 2.55. The molecule has 0 bridgehead atoms. The number of fused-ring (bicyclic) bond motifs is 11. The molecule has 0 amide bonds. The fourth-order valence-corrected chi connectivity index (χ4v) is 16.4. The minimum absolute atomic E-state index is 0.00661. The number of benzene rings is 7.